The van der Waals surface area contributed by atoms with Crippen LogP contribution in [0.15, 0.2) is 0 Å². The summed E-state index contributed by atoms with van der Waals surface area (Å²) in [6.07, 6.45) is 21.7. The van der Waals surface area contributed by atoms with Crippen molar-refractivity contribution in [1.29, 1.82) is 0 Å². The normalized spacial score (nSPS) is 14.3. The molecule has 0 bridgehead atoms. The summed E-state index contributed by atoms with van der Waals surface area (Å²) in [6.45, 7) is 9.52. The van der Waals surface area contributed by atoms with Crippen molar-refractivity contribution in [1.82, 2.24) is 0 Å². The highest BCUT2D eigenvalue weighted by atomic mass is 14.2. The molecule has 0 rings (SSSR count). The fourth-order valence-electron chi connectivity index (χ4n) is 3.56. The quantitative estimate of drug-likeness (QED) is 0.252. The Kier molecular flexibility index (Phi) is 16.4. The van der Waals surface area contributed by atoms with E-state index >= 15 is 0 Å². The molecule has 0 spiro atoms. The first-order valence-electron chi connectivity index (χ1n) is 10.3. The second-order valence-electron chi connectivity index (χ2n) is 7.26. The van der Waals surface area contributed by atoms with Crippen LogP contribution in [0.25, 0.3) is 0 Å². The maximum atomic E-state index is 2.51. The van der Waals surface area contributed by atoms with Gasteiger partial charge in [0.1, 0.15) is 0 Å². The average Bonchev–Trinajstić information content (AvgIpc) is 2.50. The van der Waals surface area contributed by atoms with Crippen molar-refractivity contribution in [2.75, 3.05) is 0 Å². The smallest absolute Gasteiger partial charge is 0.0391 e. The van der Waals surface area contributed by atoms with Crippen molar-refractivity contribution in [3.8, 4) is 0 Å². The molecule has 0 aromatic rings. The molecule has 0 amide bonds. The molecule has 0 saturated carbocycles. The number of rotatable bonds is 16. The standard InChI is InChI=1S/C21H44/c1-5-8-10-12-14-16-18-20(4)21(7-3)19-17-15-13-11-9-6-2/h20-21H,5-19H2,1-4H3. The second kappa shape index (κ2) is 16.4. The lowest BCUT2D eigenvalue weighted by atomic mass is 9.83. The van der Waals surface area contributed by atoms with E-state index < -0.39 is 0 Å². The van der Waals surface area contributed by atoms with E-state index in [4.69, 9.17) is 0 Å². The minimum absolute atomic E-state index is 0.955. The molecular weight excluding hydrogens is 252 g/mol. The topological polar surface area (TPSA) is 0 Å². The predicted octanol–water partition coefficient (Wildman–Crippen LogP) is 8.15. The van der Waals surface area contributed by atoms with Gasteiger partial charge in [0.05, 0.1) is 0 Å². The zero-order valence-corrected chi connectivity index (χ0v) is 15.8. The first-order chi connectivity index (χ1) is 10.3. The van der Waals surface area contributed by atoms with Crippen LogP contribution in [0, 0.1) is 11.8 Å². The van der Waals surface area contributed by atoms with E-state index in [9.17, 15) is 0 Å². The molecule has 0 fully saturated rings. The van der Waals surface area contributed by atoms with Crippen LogP contribution in [0.4, 0.5) is 0 Å². The second-order valence-corrected chi connectivity index (χ2v) is 7.26. The van der Waals surface area contributed by atoms with Crippen LogP contribution in [-0.2, 0) is 0 Å². The summed E-state index contributed by atoms with van der Waals surface area (Å²) in [5, 5.41) is 0. The molecule has 0 nitrogen and oxygen atoms in total. The Balaban J connectivity index is 3.54. The lowest BCUT2D eigenvalue weighted by Gasteiger charge is -2.22. The third kappa shape index (κ3) is 13.4. The Bertz CT molecular complexity index is 184. The molecule has 0 aliphatic heterocycles. The van der Waals surface area contributed by atoms with Gasteiger partial charge in [-0.15, -0.1) is 0 Å². The molecule has 0 aromatic heterocycles. The zero-order valence-electron chi connectivity index (χ0n) is 15.8. The van der Waals surface area contributed by atoms with Crippen molar-refractivity contribution in [3.05, 3.63) is 0 Å². The minimum atomic E-state index is 0.955. The highest BCUT2D eigenvalue weighted by Gasteiger charge is 2.14. The Labute approximate surface area is 136 Å². The van der Waals surface area contributed by atoms with Crippen LogP contribution >= 0.6 is 0 Å². The van der Waals surface area contributed by atoms with Gasteiger partial charge in [0.15, 0.2) is 0 Å². The minimum Gasteiger partial charge on any atom is -0.0654 e. The number of hydrogen-bond donors (Lipinski definition) is 0. The maximum Gasteiger partial charge on any atom is -0.0391 e. The largest absolute Gasteiger partial charge is 0.0654 e. The summed E-state index contributed by atoms with van der Waals surface area (Å²) in [5.74, 6) is 1.95. The molecule has 0 heterocycles. The molecule has 0 heteroatoms. The highest BCUT2D eigenvalue weighted by molar-refractivity contribution is 4.66. The third-order valence-corrected chi connectivity index (χ3v) is 5.27. The van der Waals surface area contributed by atoms with Gasteiger partial charge < -0.3 is 0 Å². The van der Waals surface area contributed by atoms with Gasteiger partial charge in [-0.05, 0) is 11.8 Å². The van der Waals surface area contributed by atoms with E-state index in [1.54, 1.807) is 0 Å². The molecule has 2 unspecified atom stereocenters. The van der Waals surface area contributed by atoms with E-state index in [0.29, 0.717) is 0 Å². The van der Waals surface area contributed by atoms with Gasteiger partial charge in [-0.1, -0.05) is 124 Å². The molecule has 0 aliphatic carbocycles. The summed E-state index contributed by atoms with van der Waals surface area (Å²) in [6, 6.07) is 0. The van der Waals surface area contributed by atoms with Gasteiger partial charge in [-0.3, -0.25) is 0 Å². The fraction of sp³-hybridized carbons (Fsp3) is 1.00. The summed E-state index contributed by atoms with van der Waals surface area (Å²) in [7, 11) is 0. The number of hydrogen-bond acceptors (Lipinski definition) is 0. The molecule has 2 atom stereocenters. The SMILES string of the molecule is CCCCCCCCC(C)C(CC)CCCCCCCC. The average molecular weight is 297 g/mol. The van der Waals surface area contributed by atoms with Crippen LogP contribution in [0.3, 0.4) is 0 Å². The van der Waals surface area contributed by atoms with E-state index in [1.165, 1.54) is 96.3 Å². The lowest BCUT2D eigenvalue weighted by molar-refractivity contribution is 0.291. The van der Waals surface area contributed by atoms with E-state index in [2.05, 4.69) is 27.7 Å². The van der Waals surface area contributed by atoms with Gasteiger partial charge in [-0.25, -0.2) is 0 Å². The summed E-state index contributed by atoms with van der Waals surface area (Å²) < 4.78 is 0. The summed E-state index contributed by atoms with van der Waals surface area (Å²) >= 11 is 0. The molecule has 21 heavy (non-hydrogen) atoms. The van der Waals surface area contributed by atoms with Gasteiger partial charge in [-0.2, -0.15) is 0 Å². The first kappa shape index (κ1) is 21.0. The molecule has 128 valence electrons. The fourth-order valence-corrected chi connectivity index (χ4v) is 3.56. The maximum absolute atomic E-state index is 2.51. The Hall–Kier alpha value is 0. The molecule has 0 aromatic carbocycles. The van der Waals surface area contributed by atoms with Crippen molar-refractivity contribution in [2.24, 2.45) is 11.8 Å². The monoisotopic (exact) mass is 296 g/mol. The van der Waals surface area contributed by atoms with E-state index in [-0.39, 0.29) is 0 Å². The lowest BCUT2D eigenvalue weighted by Crippen LogP contribution is -2.11. The number of unbranched alkanes of at least 4 members (excludes halogenated alkanes) is 10. The predicted molar refractivity (Wildman–Crippen MR) is 98.9 cm³/mol. The highest BCUT2D eigenvalue weighted by Crippen LogP contribution is 2.27. The Morgan fingerprint density at radius 2 is 0.952 bits per heavy atom. The van der Waals surface area contributed by atoms with Crippen LogP contribution in [-0.4, -0.2) is 0 Å². The summed E-state index contributed by atoms with van der Waals surface area (Å²) in [4.78, 5) is 0. The molecule has 0 radical (unpaired) electrons. The first-order valence-corrected chi connectivity index (χ1v) is 10.3. The molecule has 0 N–H and O–H groups in total. The van der Waals surface area contributed by atoms with Crippen molar-refractivity contribution >= 4 is 0 Å². The van der Waals surface area contributed by atoms with E-state index in [0.717, 1.165) is 11.8 Å². The van der Waals surface area contributed by atoms with Crippen molar-refractivity contribution in [3.63, 3.8) is 0 Å². The van der Waals surface area contributed by atoms with Crippen LogP contribution in [0.1, 0.15) is 124 Å². The van der Waals surface area contributed by atoms with Gasteiger partial charge >= 0.3 is 0 Å². The van der Waals surface area contributed by atoms with Crippen LogP contribution in [0.5, 0.6) is 0 Å². The third-order valence-electron chi connectivity index (χ3n) is 5.27. The van der Waals surface area contributed by atoms with Crippen LogP contribution < -0.4 is 0 Å². The van der Waals surface area contributed by atoms with Gasteiger partial charge in [0, 0.05) is 0 Å². The molecule has 0 aliphatic rings. The summed E-state index contributed by atoms with van der Waals surface area (Å²) in [5.41, 5.74) is 0. The van der Waals surface area contributed by atoms with Crippen molar-refractivity contribution in [2.45, 2.75) is 124 Å². The van der Waals surface area contributed by atoms with E-state index in [1.807, 2.05) is 0 Å². The molecule has 0 saturated heterocycles. The van der Waals surface area contributed by atoms with Gasteiger partial charge in [0.25, 0.3) is 0 Å². The van der Waals surface area contributed by atoms with Gasteiger partial charge in [0.2, 0.25) is 0 Å². The Morgan fingerprint density at radius 1 is 0.524 bits per heavy atom. The van der Waals surface area contributed by atoms with Crippen molar-refractivity contribution < 1.29 is 0 Å². The Morgan fingerprint density at radius 3 is 1.43 bits per heavy atom. The zero-order chi connectivity index (χ0) is 15.8. The molecular formula is C21H44. The van der Waals surface area contributed by atoms with Crippen LogP contribution in [0.2, 0.25) is 0 Å².